The van der Waals surface area contributed by atoms with Gasteiger partial charge < -0.3 is 10.1 Å². The third kappa shape index (κ3) is 2.15. The molecule has 1 heterocycles. The van der Waals surface area contributed by atoms with Gasteiger partial charge in [0.2, 0.25) is 0 Å². The molecule has 0 aromatic carbocycles. The third-order valence-corrected chi connectivity index (χ3v) is 3.50. The molecule has 0 aliphatic carbocycles. The molecule has 1 saturated heterocycles. The Morgan fingerprint density at radius 2 is 2.36 bits per heavy atom. The molecule has 0 spiro atoms. The summed E-state index contributed by atoms with van der Waals surface area (Å²) < 4.78 is 27.5. The fraction of sp³-hybridized carbons (Fsp3) is 1.00. The van der Waals surface area contributed by atoms with E-state index in [0.29, 0.717) is 19.7 Å². The van der Waals surface area contributed by atoms with Crippen LogP contribution in [0.3, 0.4) is 0 Å². The highest BCUT2D eigenvalue weighted by atomic mass is 32.2. The van der Waals surface area contributed by atoms with Crippen molar-refractivity contribution in [3.63, 3.8) is 0 Å². The Morgan fingerprint density at radius 1 is 1.64 bits per heavy atom. The summed E-state index contributed by atoms with van der Waals surface area (Å²) in [7, 11) is -2.97. The fourth-order valence-electron chi connectivity index (χ4n) is 1.04. The zero-order valence-corrected chi connectivity index (χ0v) is 7.36. The highest BCUT2D eigenvalue weighted by Gasteiger charge is 2.28. The van der Waals surface area contributed by atoms with Gasteiger partial charge in [0.05, 0.1) is 5.75 Å². The van der Waals surface area contributed by atoms with Gasteiger partial charge in [-0.2, -0.15) is 0 Å². The van der Waals surface area contributed by atoms with Crippen LogP contribution in [0.15, 0.2) is 0 Å². The first-order valence-corrected chi connectivity index (χ1v) is 5.42. The van der Waals surface area contributed by atoms with Gasteiger partial charge in [-0.05, 0) is 6.92 Å². The minimum atomic E-state index is -2.97. The van der Waals surface area contributed by atoms with E-state index >= 15 is 0 Å². The highest BCUT2D eigenvalue weighted by Crippen LogP contribution is 2.06. The molecule has 1 fully saturated rings. The molecule has 0 radical (unpaired) electrons. The van der Waals surface area contributed by atoms with Crippen LogP contribution in [0.4, 0.5) is 0 Å². The molecule has 0 amide bonds. The van der Waals surface area contributed by atoms with Gasteiger partial charge in [0.25, 0.3) is 0 Å². The predicted molar refractivity (Wildman–Crippen MR) is 42.1 cm³/mol. The van der Waals surface area contributed by atoms with E-state index in [1.54, 1.807) is 6.92 Å². The lowest BCUT2D eigenvalue weighted by atomic mass is 10.6. The van der Waals surface area contributed by atoms with Crippen molar-refractivity contribution in [3.8, 4) is 0 Å². The monoisotopic (exact) mass is 179 g/mol. The van der Waals surface area contributed by atoms with Gasteiger partial charge in [-0.25, -0.2) is 8.42 Å². The van der Waals surface area contributed by atoms with Gasteiger partial charge >= 0.3 is 0 Å². The van der Waals surface area contributed by atoms with Crippen LogP contribution in [-0.4, -0.2) is 39.3 Å². The van der Waals surface area contributed by atoms with E-state index in [1.807, 2.05) is 0 Å². The Balaban J connectivity index is 2.60. The van der Waals surface area contributed by atoms with Crippen molar-refractivity contribution >= 4 is 9.84 Å². The number of nitrogens with one attached hydrogen (secondary N) is 1. The normalized spacial score (nSPS) is 30.1. The number of hydrogen-bond donors (Lipinski definition) is 1. The largest absolute Gasteiger partial charge is 0.361 e. The number of ether oxygens (including phenoxy) is 1. The summed E-state index contributed by atoms with van der Waals surface area (Å²) in [5, 5.41) is 2.97. The van der Waals surface area contributed by atoms with Crippen molar-refractivity contribution in [2.75, 3.05) is 25.4 Å². The van der Waals surface area contributed by atoms with E-state index in [4.69, 9.17) is 4.74 Å². The molecule has 0 bridgehead atoms. The molecule has 4 nitrogen and oxygen atoms in total. The lowest BCUT2D eigenvalue weighted by Gasteiger charge is -2.22. The van der Waals surface area contributed by atoms with Gasteiger partial charge in [-0.3, -0.25) is 0 Å². The van der Waals surface area contributed by atoms with E-state index in [1.165, 1.54) is 0 Å². The SMILES string of the molecule is CCOC1CNCCS1(=O)=O. The summed E-state index contributed by atoms with van der Waals surface area (Å²) in [5.41, 5.74) is -0.624. The first-order valence-electron chi connectivity index (χ1n) is 3.70. The standard InChI is InChI=1S/C6H13NO3S/c1-2-10-6-5-7-3-4-11(6,8)9/h6-7H,2-5H2,1H3. The molecule has 0 aromatic rings. The lowest BCUT2D eigenvalue weighted by molar-refractivity contribution is 0.113. The molecule has 11 heavy (non-hydrogen) atoms. The summed E-state index contributed by atoms with van der Waals surface area (Å²) >= 11 is 0. The minimum absolute atomic E-state index is 0.192. The van der Waals surface area contributed by atoms with E-state index in [-0.39, 0.29) is 5.75 Å². The second-order valence-electron chi connectivity index (χ2n) is 2.46. The van der Waals surface area contributed by atoms with Crippen molar-refractivity contribution < 1.29 is 13.2 Å². The van der Waals surface area contributed by atoms with E-state index in [0.717, 1.165) is 0 Å². The summed E-state index contributed by atoms with van der Waals surface area (Å²) in [5.74, 6) is 0.192. The van der Waals surface area contributed by atoms with Gasteiger partial charge in [-0.15, -0.1) is 0 Å². The maximum atomic E-state index is 11.2. The van der Waals surface area contributed by atoms with Crippen LogP contribution in [0.5, 0.6) is 0 Å². The predicted octanol–water partition coefficient (Wildman–Crippen LogP) is -0.633. The smallest absolute Gasteiger partial charge is 0.179 e. The molecular weight excluding hydrogens is 166 g/mol. The Morgan fingerprint density at radius 3 is 2.91 bits per heavy atom. The zero-order valence-electron chi connectivity index (χ0n) is 6.54. The second-order valence-corrected chi connectivity index (χ2v) is 4.72. The van der Waals surface area contributed by atoms with Crippen molar-refractivity contribution in [1.82, 2.24) is 5.32 Å². The molecular formula is C6H13NO3S. The van der Waals surface area contributed by atoms with Gasteiger partial charge in [0.1, 0.15) is 0 Å². The highest BCUT2D eigenvalue weighted by molar-refractivity contribution is 7.91. The number of hydrogen-bond acceptors (Lipinski definition) is 4. The molecule has 1 aliphatic heterocycles. The van der Waals surface area contributed by atoms with Crippen LogP contribution < -0.4 is 5.32 Å². The van der Waals surface area contributed by atoms with Crippen molar-refractivity contribution in [3.05, 3.63) is 0 Å². The first-order chi connectivity index (χ1) is 5.17. The van der Waals surface area contributed by atoms with Gasteiger partial charge in [0, 0.05) is 19.7 Å². The van der Waals surface area contributed by atoms with Gasteiger partial charge in [-0.1, -0.05) is 0 Å². The summed E-state index contributed by atoms with van der Waals surface area (Å²) in [6.07, 6.45) is 0. The van der Waals surface area contributed by atoms with Crippen molar-refractivity contribution in [2.45, 2.75) is 12.4 Å². The Hall–Kier alpha value is -0.130. The second kappa shape index (κ2) is 3.51. The molecule has 1 aliphatic rings. The van der Waals surface area contributed by atoms with Crippen LogP contribution in [-0.2, 0) is 14.6 Å². The molecule has 0 aromatic heterocycles. The fourth-order valence-corrected chi connectivity index (χ4v) is 2.45. The molecule has 5 heteroatoms. The number of sulfone groups is 1. The van der Waals surface area contributed by atoms with Crippen LogP contribution in [0, 0.1) is 0 Å². The van der Waals surface area contributed by atoms with Crippen molar-refractivity contribution in [1.29, 1.82) is 0 Å². The van der Waals surface area contributed by atoms with Crippen LogP contribution >= 0.6 is 0 Å². The summed E-state index contributed by atoms with van der Waals surface area (Å²) in [4.78, 5) is 0. The maximum absolute atomic E-state index is 11.2. The molecule has 1 atom stereocenters. The Kier molecular flexibility index (Phi) is 2.86. The Labute approximate surface area is 66.8 Å². The number of rotatable bonds is 2. The van der Waals surface area contributed by atoms with Crippen LogP contribution in [0.25, 0.3) is 0 Å². The average molecular weight is 179 g/mol. The van der Waals surface area contributed by atoms with E-state index in [9.17, 15) is 8.42 Å². The summed E-state index contributed by atoms with van der Waals surface area (Å²) in [6.45, 7) is 3.22. The zero-order chi connectivity index (χ0) is 8.32. The first kappa shape index (κ1) is 8.96. The molecule has 1 N–H and O–H groups in total. The van der Waals surface area contributed by atoms with Gasteiger partial charge in [0.15, 0.2) is 15.3 Å². The lowest BCUT2D eigenvalue weighted by Crippen LogP contribution is -2.45. The molecule has 1 rings (SSSR count). The Bertz CT molecular complexity index is 210. The topological polar surface area (TPSA) is 55.4 Å². The minimum Gasteiger partial charge on any atom is -0.361 e. The quantitative estimate of drug-likeness (QED) is 0.613. The maximum Gasteiger partial charge on any atom is 0.179 e. The van der Waals surface area contributed by atoms with Crippen molar-refractivity contribution in [2.24, 2.45) is 0 Å². The third-order valence-electron chi connectivity index (χ3n) is 1.63. The molecule has 1 unspecified atom stereocenters. The average Bonchev–Trinajstić information content (AvgIpc) is 1.94. The van der Waals surface area contributed by atoms with E-state index < -0.39 is 15.3 Å². The van der Waals surface area contributed by atoms with E-state index in [2.05, 4.69) is 5.32 Å². The molecule has 66 valence electrons. The van der Waals surface area contributed by atoms with Crippen LogP contribution in [0.2, 0.25) is 0 Å². The summed E-state index contributed by atoms with van der Waals surface area (Å²) in [6, 6.07) is 0. The molecule has 0 saturated carbocycles. The van der Waals surface area contributed by atoms with Crippen LogP contribution in [0.1, 0.15) is 6.92 Å².